The van der Waals surface area contributed by atoms with Gasteiger partial charge in [-0.1, -0.05) is 6.92 Å². The van der Waals surface area contributed by atoms with Crippen molar-refractivity contribution >= 4 is 17.2 Å². The van der Waals surface area contributed by atoms with Gasteiger partial charge in [0.1, 0.15) is 11.6 Å². The van der Waals surface area contributed by atoms with E-state index in [0.29, 0.717) is 22.9 Å². The molecule has 0 spiro atoms. The van der Waals surface area contributed by atoms with Crippen LogP contribution in [0, 0.1) is 17.6 Å². The molecule has 0 aliphatic heterocycles. The Morgan fingerprint density at radius 3 is 2.59 bits per heavy atom. The minimum atomic E-state index is -0.708. The van der Waals surface area contributed by atoms with Gasteiger partial charge in [-0.25, -0.2) is 13.8 Å². The van der Waals surface area contributed by atoms with E-state index in [1.807, 2.05) is 6.07 Å². The summed E-state index contributed by atoms with van der Waals surface area (Å²) < 4.78 is 41.9. The molecule has 3 N–H and O–H groups in total. The summed E-state index contributed by atoms with van der Waals surface area (Å²) in [6.07, 6.45) is 6.88. The molecule has 37 heavy (non-hydrogen) atoms. The molecule has 8 nitrogen and oxygen atoms in total. The number of hydrogen-bond acceptors (Lipinski definition) is 7. The third-order valence-electron chi connectivity index (χ3n) is 7.06. The predicted octanol–water partition coefficient (Wildman–Crippen LogP) is 4.82. The molecule has 3 aromatic heterocycles. The van der Waals surface area contributed by atoms with Crippen LogP contribution in [-0.2, 0) is 16.1 Å². The van der Waals surface area contributed by atoms with E-state index in [9.17, 15) is 8.78 Å². The molecule has 4 unspecified atom stereocenters. The molecule has 1 aromatic carbocycles. The molecule has 4 atom stereocenters. The quantitative estimate of drug-likeness (QED) is 0.369. The topological polar surface area (TPSA) is 99.6 Å². The average molecular weight is 509 g/mol. The fraction of sp³-hybridized carbons (Fsp3) is 0.370. The number of benzene rings is 1. The van der Waals surface area contributed by atoms with Crippen LogP contribution < -0.4 is 11.1 Å². The second kappa shape index (κ2) is 10.5. The van der Waals surface area contributed by atoms with E-state index in [-0.39, 0.29) is 35.9 Å². The van der Waals surface area contributed by atoms with Crippen LogP contribution in [0.3, 0.4) is 0 Å². The van der Waals surface area contributed by atoms with Crippen molar-refractivity contribution in [2.45, 2.75) is 44.4 Å². The lowest BCUT2D eigenvalue weighted by Gasteiger charge is -2.38. The van der Waals surface area contributed by atoms with Gasteiger partial charge < -0.3 is 20.5 Å². The first-order valence-electron chi connectivity index (χ1n) is 12.2. The van der Waals surface area contributed by atoms with Crippen LogP contribution in [-0.4, -0.2) is 45.9 Å². The zero-order valence-electron chi connectivity index (χ0n) is 21.0. The number of aromatic nitrogens is 4. The zero-order valence-corrected chi connectivity index (χ0v) is 21.0. The van der Waals surface area contributed by atoms with Gasteiger partial charge in [0.05, 0.1) is 47.6 Å². The maximum absolute atomic E-state index is 14.9. The summed E-state index contributed by atoms with van der Waals surface area (Å²) in [5, 5.41) is 7.84. The number of halogens is 2. The van der Waals surface area contributed by atoms with Crippen LogP contribution >= 0.6 is 0 Å². The second-order valence-corrected chi connectivity index (χ2v) is 9.60. The Labute approximate surface area is 213 Å². The number of imidazole rings is 1. The Morgan fingerprint density at radius 2 is 1.89 bits per heavy atom. The molecule has 1 saturated carbocycles. The van der Waals surface area contributed by atoms with Crippen LogP contribution in [0.25, 0.3) is 16.8 Å². The number of fused-ring (bicyclic) bond motifs is 1. The smallest absolute Gasteiger partial charge is 0.229 e. The number of ether oxygens (including phenoxy) is 2. The Balaban J connectivity index is 1.48. The Kier molecular flexibility index (Phi) is 7.14. The van der Waals surface area contributed by atoms with Gasteiger partial charge in [0.25, 0.3) is 0 Å². The van der Waals surface area contributed by atoms with Crippen molar-refractivity contribution in [2.24, 2.45) is 11.7 Å². The molecular weight excluding hydrogens is 478 g/mol. The highest BCUT2D eigenvalue weighted by atomic mass is 19.1. The first kappa shape index (κ1) is 25.2. The van der Waals surface area contributed by atoms with Crippen molar-refractivity contribution < 1.29 is 18.3 Å². The summed E-state index contributed by atoms with van der Waals surface area (Å²) in [6.45, 7) is 2.27. The lowest BCUT2D eigenvalue weighted by Crippen LogP contribution is -2.45. The fourth-order valence-corrected chi connectivity index (χ4v) is 5.43. The highest BCUT2D eigenvalue weighted by Crippen LogP contribution is 2.40. The normalized spacial score (nSPS) is 21.9. The standard InChI is InChI=1S/C27H30F2N6O2/c1-15-8-17(11-22(30)26(15)37-3)19-6-7-31-13-24(19)33-27-32-12-18-4-5-23(34-35(18)27)25-20(28)9-16(14-36-2)10-21(25)29/h4-7,9-10,12-13,15,17,22,26H,8,11,14,30H2,1-3H3,(H,32,33). The fourth-order valence-electron chi connectivity index (χ4n) is 5.43. The van der Waals surface area contributed by atoms with Crippen LogP contribution in [0.1, 0.15) is 36.8 Å². The highest BCUT2D eigenvalue weighted by Gasteiger charge is 2.35. The number of hydrogen-bond donors (Lipinski definition) is 2. The van der Waals surface area contributed by atoms with Gasteiger partial charge in [-0.15, -0.1) is 0 Å². The largest absolute Gasteiger partial charge is 0.380 e. The lowest BCUT2D eigenvalue weighted by molar-refractivity contribution is 0.00984. The number of pyridine rings is 1. The molecule has 0 bridgehead atoms. The van der Waals surface area contributed by atoms with Gasteiger partial charge in [0.15, 0.2) is 0 Å². The van der Waals surface area contributed by atoms with Crippen molar-refractivity contribution in [3.8, 4) is 11.3 Å². The number of nitrogens with zero attached hydrogens (tertiary/aromatic N) is 4. The van der Waals surface area contributed by atoms with Crippen LogP contribution in [0.5, 0.6) is 0 Å². The van der Waals surface area contributed by atoms with E-state index >= 15 is 0 Å². The summed E-state index contributed by atoms with van der Waals surface area (Å²) in [6, 6.07) is 7.72. The molecule has 10 heteroatoms. The van der Waals surface area contributed by atoms with E-state index in [1.165, 1.54) is 23.8 Å². The molecule has 4 aromatic rings. The number of nitrogens with two attached hydrogens (primary N) is 1. The van der Waals surface area contributed by atoms with Crippen LogP contribution in [0.2, 0.25) is 0 Å². The number of methoxy groups -OCH3 is 2. The first-order chi connectivity index (χ1) is 17.9. The van der Waals surface area contributed by atoms with Gasteiger partial charge in [-0.05, 0) is 66.1 Å². The summed E-state index contributed by atoms with van der Waals surface area (Å²) in [4.78, 5) is 8.76. The number of anilines is 2. The molecule has 3 heterocycles. The van der Waals surface area contributed by atoms with Crippen molar-refractivity contribution in [1.82, 2.24) is 19.6 Å². The second-order valence-electron chi connectivity index (χ2n) is 9.60. The van der Waals surface area contributed by atoms with E-state index in [4.69, 9.17) is 15.2 Å². The third kappa shape index (κ3) is 4.92. The Morgan fingerprint density at radius 1 is 1.11 bits per heavy atom. The molecule has 0 amide bonds. The monoisotopic (exact) mass is 508 g/mol. The summed E-state index contributed by atoms with van der Waals surface area (Å²) in [7, 11) is 3.18. The SMILES string of the molecule is COCc1cc(F)c(-c2ccc3cnc(Nc4cnccc4C4CC(C)C(OC)C(N)C4)n3n2)c(F)c1. The Hall–Kier alpha value is -3.47. The van der Waals surface area contributed by atoms with Gasteiger partial charge in [0.2, 0.25) is 5.95 Å². The molecule has 0 saturated heterocycles. The van der Waals surface area contributed by atoms with E-state index in [1.54, 1.807) is 37.8 Å². The minimum Gasteiger partial charge on any atom is -0.380 e. The minimum absolute atomic E-state index is 0.0257. The van der Waals surface area contributed by atoms with Crippen molar-refractivity contribution in [3.63, 3.8) is 0 Å². The average Bonchev–Trinajstić information content (AvgIpc) is 3.26. The van der Waals surface area contributed by atoms with E-state index < -0.39 is 11.6 Å². The molecule has 1 fully saturated rings. The molecule has 194 valence electrons. The van der Waals surface area contributed by atoms with E-state index in [2.05, 4.69) is 27.3 Å². The summed E-state index contributed by atoms with van der Waals surface area (Å²) >= 11 is 0. The van der Waals surface area contributed by atoms with Crippen LogP contribution in [0.4, 0.5) is 20.4 Å². The van der Waals surface area contributed by atoms with E-state index in [0.717, 1.165) is 24.1 Å². The van der Waals surface area contributed by atoms with Crippen LogP contribution in [0.15, 0.2) is 48.9 Å². The van der Waals surface area contributed by atoms with Gasteiger partial charge in [-0.3, -0.25) is 4.98 Å². The van der Waals surface area contributed by atoms with Crippen molar-refractivity contribution in [1.29, 1.82) is 0 Å². The van der Waals surface area contributed by atoms with Crippen molar-refractivity contribution in [2.75, 3.05) is 19.5 Å². The predicted molar refractivity (Wildman–Crippen MR) is 136 cm³/mol. The first-order valence-corrected chi connectivity index (χ1v) is 12.2. The summed E-state index contributed by atoms with van der Waals surface area (Å²) in [5.74, 6) is -0.493. The number of nitrogens with one attached hydrogen (secondary N) is 1. The van der Waals surface area contributed by atoms with Gasteiger partial charge in [0, 0.05) is 26.5 Å². The maximum Gasteiger partial charge on any atom is 0.229 e. The highest BCUT2D eigenvalue weighted by molar-refractivity contribution is 5.66. The summed E-state index contributed by atoms with van der Waals surface area (Å²) in [5.41, 5.74) is 9.31. The maximum atomic E-state index is 14.9. The molecule has 1 aliphatic carbocycles. The third-order valence-corrected chi connectivity index (χ3v) is 7.06. The van der Waals surface area contributed by atoms with Gasteiger partial charge in [-0.2, -0.15) is 9.61 Å². The molecule has 5 rings (SSSR count). The molecule has 0 radical (unpaired) electrons. The molecular formula is C27H30F2N6O2. The van der Waals surface area contributed by atoms with Gasteiger partial charge >= 0.3 is 0 Å². The lowest BCUT2D eigenvalue weighted by atomic mass is 9.74. The zero-order chi connectivity index (χ0) is 26.1. The number of rotatable bonds is 7. The molecule has 1 aliphatic rings. The van der Waals surface area contributed by atoms with Crippen molar-refractivity contribution in [3.05, 3.63) is 71.7 Å². The Bertz CT molecular complexity index is 1380.